The van der Waals surface area contributed by atoms with Crippen LogP contribution >= 0.6 is 0 Å². The maximum Gasteiger partial charge on any atom is 0.127 e. The first kappa shape index (κ1) is 18.1. The third-order valence-corrected chi connectivity index (χ3v) is 4.27. The van der Waals surface area contributed by atoms with Crippen LogP contribution < -0.4 is 5.32 Å². The fourth-order valence-corrected chi connectivity index (χ4v) is 2.94. The summed E-state index contributed by atoms with van der Waals surface area (Å²) in [5.41, 5.74) is 0.781. The van der Waals surface area contributed by atoms with E-state index in [1.807, 2.05) is 12.1 Å². The second-order valence-corrected chi connectivity index (χ2v) is 6.11. The van der Waals surface area contributed by atoms with Crippen molar-refractivity contribution >= 4 is 0 Å². The molecule has 1 rings (SSSR count). The highest BCUT2D eigenvalue weighted by Crippen LogP contribution is 2.25. The Morgan fingerprint density at radius 2 is 1.86 bits per heavy atom. The van der Waals surface area contributed by atoms with Crippen molar-refractivity contribution in [2.24, 2.45) is 5.92 Å². The molecule has 3 atom stereocenters. The van der Waals surface area contributed by atoms with Crippen molar-refractivity contribution in [2.75, 3.05) is 20.1 Å². The molecule has 1 aromatic rings. The van der Waals surface area contributed by atoms with Gasteiger partial charge in [0.2, 0.25) is 0 Å². The molecule has 1 aromatic carbocycles. The molecule has 2 nitrogen and oxygen atoms in total. The Labute approximate surface area is 129 Å². The summed E-state index contributed by atoms with van der Waals surface area (Å²) < 4.78 is 14.1. The Morgan fingerprint density at radius 3 is 2.43 bits per heavy atom. The van der Waals surface area contributed by atoms with E-state index in [0.717, 1.165) is 18.7 Å². The summed E-state index contributed by atoms with van der Waals surface area (Å²) in [7, 11) is 2.17. The highest BCUT2D eigenvalue weighted by molar-refractivity contribution is 5.22. The van der Waals surface area contributed by atoms with Gasteiger partial charge in [-0.2, -0.15) is 0 Å². The lowest BCUT2D eigenvalue weighted by Gasteiger charge is -2.32. The maximum atomic E-state index is 14.1. The zero-order chi connectivity index (χ0) is 15.8. The van der Waals surface area contributed by atoms with Crippen molar-refractivity contribution in [1.29, 1.82) is 0 Å². The molecule has 0 aliphatic carbocycles. The Kier molecular flexibility index (Phi) is 7.91. The van der Waals surface area contributed by atoms with E-state index in [1.165, 1.54) is 12.8 Å². The van der Waals surface area contributed by atoms with Crippen molar-refractivity contribution in [3.63, 3.8) is 0 Å². The molecule has 0 aromatic heterocycles. The van der Waals surface area contributed by atoms with Crippen LogP contribution in [0.15, 0.2) is 24.3 Å². The summed E-state index contributed by atoms with van der Waals surface area (Å²) in [6.45, 7) is 10.6. The third-order valence-electron chi connectivity index (χ3n) is 4.27. The molecule has 0 saturated heterocycles. The standard InChI is InChI=1S/C18H31FN2/c1-6-10-15(4)21(5)13-14(3)18(20-7-2)16-11-8-9-12-17(16)19/h8-9,11-12,14-15,18,20H,6-7,10,13H2,1-5H3. The minimum absolute atomic E-state index is 0.0625. The van der Waals surface area contributed by atoms with Crippen LogP contribution in [0.2, 0.25) is 0 Å². The zero-order valence-electron chi connectivity index (χ0n) is 14.2. The molecule has 0 saturated carbocycles. The van der Waals surface area contributed by atoms with Crippen LogP contribution in [0.25, 0.3) is 0 Å². The largest absolute Gasteiger partial charge is 0.310 e. The normalized spacial score (nSPS) is 16.0. The average molecular weight is 294 g/mol. The number of hydrogen-bond acceptors (Lipinski definition) is 2. The van der Waals surface area contributed by atoms with E-state index in [0.29, 0.717) is 12.0 Å². The topological polar surface area (TPSA) is 15.3 Å². The molecule has 0 amide bonds. The van der Waals surface area contributed by atoms with Gasteiger partial charge in [-0.15, -0.1) is 0 Å². The maximum absolute atomic E-state index is 14.1. The van der Waals surface area contributed by atoms with E-state index in [9.17, 15) is 4.39 Å². The van der Waals surface area contributed by atoms with Gasteiger partial charge in [0.1, 0.15) is 5.82 Å². The van der Waals surface area contributed by atoms with Crippen LogP contribution in [0, 0.1) is 11.7 Å². The molecule has 0 aliphatic rings. The highest BCUT2D eigenvalue weighted by Gasteiger charge is 2.23. The summed E-state index contributed by atoms with van der Waals surface area (Å²) in [6.07, 6.45) is 2.40. The SMILES string of the molecule is CCCC(C)N(C)CC(C)C(NCC)c1ccccc1F. The van der Waals surface area contributed by atoms with Gasteiger partial charge in [0.05, 0.1) is 0 Å². The van der Waals surface area contributed by atoms with E-state index in [-0.39, 0.29) is 11.9 Å². The fourth-order valence-electron chi connectivity index (χ4n) is 2.94. The Balaban J connectivity index is 2.78. The summed E-state index contributed by atoms with van der Waals surface area (Å²) >= 11 is 0. The molecule has 21 heavy (non-hydrogen) atoms. The number of nitrogens with one attached hydrogen (secondary N) is 1. The molecule has 3 unspecified atom stereocenters. The summed E-state index contributed by atoms with van der Waals surface area (Å²) in [5, 5.41) is 3.45. The van der Waals surface area contributed by atoms with Gasteiger partial charge in [-0.05, 0) is 38.9 Å². The van der Waals surface area contributed by atoms with Gasteiger partial charge in [-0.3, -0.25) is 0 Å². The Hall–Kier alpha value is -0.930. The minimum Gasteiger partial charge on any atom is -0.310 e. The Bertz CT molecular complexity index is 408. The predicted molar refractivity (Wildman–Crippen MR) is 89.0 cm³/mol. The number of rotatable bonds is 9. The lowest BCUT2D eigenvalue weighted by molar-refractivity contribution is 0.191. The molecule has 0 bridgehead atoms. The van der Waals surface area contributed by atoms with Gasteiger partial charge in [0.25, 0.3) is 0 Å². The molecule has 1 N–H and O–H groups in total. The predicted octanol–water partition coefficient (Wildman–Crippen LogP) is 4.23. The quantitative estimate of drug-likeness (QED) is 0.733. The van der Waals surface area contributed by atoms with Crippen molar-refractivity contribution in [2.45, 2.75) is 52.6 Å². The fraction of sp³-hybridized carbons (Fsp3) is 0.667. The Morgan fingerprint density at radius 1 is 1.19 bits per heavy atom. The van der Waals surface area contributed by atoms with Gasteiger partial charge in [-0.1, -0.05) is 45.4 Å². The molecule has 0 aliphatic heterocycles. The smallest absolute Gasteiger partial charge is 0.127 e. The van der Waals surface area contributed by atoms with Crippen LogP contribution in [0.3, 0.4) is 0 Å². The van der Waals surface area contributed by atoms with Crippen molar-refractivity contribution < 1.29 is 4.39 Å². The van der Waals surface area contributed by atoms with Gasteiger partial charge in [0, 0.05) is 24.2 Å². The van der Waals surface area contributed by atoms with Crippen molar-refractivity contribution in [3.05, 3.63) is 35.6 Å². The van der Waals surface area contributed by atoms with Crippen LogP contribution in [-0.4, -0.2) is 31.1 Å². The van der Waals surface area contributed by atoms with E-state index >= 15 is 0 Å². The van der Waals surface area contributed by atoms with E-state index in [4.69, 9.17) is 0 Å². The highest BCUT2D eigenvalue weighted by atomic mass is 19.1. The van der Waals surface area contributed by atoms with Crippen molar-refractivity contribution in [3.8, 4) is 0 Å². The second-order valence-electron chi connectivity index (χ2n) is 6.11. The molecule has 0 heterocycles. The van der Waals surface area contributed by atoms with Crippen LogP contribution in [-0.2, 0) is 0 Å². The first-order chi connectivity index (χ1) is 10.0. The number of benzene rings is 1. The lowest BCUT2D eigenvalue weighted by Crippen LogP contribution is -2.38. The third kappa shape index (κ3) is 5.40. The average Bonchev–Trinajstić information content (AvgIpc) is 2.45. The van der Waals surface area contributed by atoms with E-state index < -0.39 is 0 Å². The van der Waals surface area contributed by atoms with Gasteiger partial charge >= 0.3 is 0 Å². The molecule has 120 valence electrons. The van der Waals surface area contributed by atoms with E-state index in [2.05, 4.69) is 45.0 Å². The van der Waals surface area contributed by atoms with Gasteiger partial charge < -0.3 is 10.2 Å². The summed E-state index contributed by atoms with van der Waals surface area (Å²) in [6, 6.07) is 7.75. The first-order valence-corrected chi connectivity index (χ1v) is 8.19. The molecule has 0 fully saturated rings. The minimum atomic E-state index is -0.112. The van der Waals surface area contributed by atoms with Crippen LogP contribution in [0.5, 0.6) is 0 Å². The number of nitrogens with zero attached hydrogens (tertiary/aromatic N) is 1. The molecular formula is C18H31FN2. The molecule has 3 heteroatoms. The van der Waals surface area contributed by atoms with Crippen LogP contribution in [0.1, 0.15) is 52.1 Å². The number of hydrogen-bond donors (Lipinski definition) is 1. The second kappa shape index (κ2) is 9.16. The lowest BCUT2D eigenvalue weighted by atomic mass is 9.93. The van der Waals surface area contributed by atoms with Gasteiger partial charge in [0.15, 0.2) is 0 Å². The van der Waals surface area contributed by atoms with Crippen molar-refractivity contribution in [1.82, 2.24) is 10.2 Å². The molecule has 0 radical (unpaired) electrons. The first-order valence-electron chi connectivity index (χ1n) is 8.19. The number of halogens is 1. The molecular weight excluding hydrogens is 263 g/mol. The summed E-state index contributed by atoms with van der Waals surface area (Å²) in [4.78, 5) is 2.39. The summed E-state index contributed by atoms with van der Waals surface area (Å²) in [5.74, 6) is 0.241. The zero-order valence-corrected chi connectivity index (χ0v) is 14.2. The molecule has 0 spiro atoms. The van der Waals surface area contributed by atoms with Crippen LogP contribution in [0.4, 0.5) is 4.39 Å². The van der Waals surface area contributed by atoms with Gasteiger partial charge in [-0.25, -0.2) is 4.39 Å². The monoisotopic (exact) mass is 294 g/mol. The van der Waals surface area contributed by atoms with E-state index in [1.54, 1.807) is 12.1 Å².